The maximum absolute atomic E-state index is 11.9. The third-order valence-corrected chi connectivity index (χ3v) is 4.02. The van der Waals surface area contributed by atoms with Crippen LogP contribution >= 0.6 is 0 Å². The van der Waals surface area contributed by atoms with Gasteiger partial charge in [0, 0.05) is 23.9 Å². The number of hydrogen-bond acceptors (Lipinski definition) is 7. The van der Waals surface area contributed by atoms with Gasteiger partial charge in [-0.1, -0.05) is 6.07 Å². The van der Waals surface area contributed by atoms with E-state index >= 15 is 0 Å². The molecule has 154 valence electrons. The minimum absolute atomic E-state index is 0.102. The zero-order chi connectivity index (χ0) is 20.3. The molecule has 7 nitrogen and oxygen atoms in total. The van der Waals surface area contributed by atoms with E-state index in [4.69, 9.17) is 18.6 Å². The lowest BCUT2D eigenvalue weighted by molar-refractivity contribution is 0.0325. The highest BCUT2D eigenvalue weighted by Gasteiger charge is 2.11. The summed E-state index contributed by atoms with van der Waals surface area (Å²) in [5.74, 6) is 1.56. The maximum Gasteiger partial charge on any atom is 0.248 e. The SMILES string of the molecule is CNc1ccc(-c2nnc(-c3cccc(OCCOCCOCCF)c3)o2)cc1. The Bertz CT molecular complexity index is 870. The summed E-state index contributed by atoms with van der Waals surface area (Å²) in [6.07, 6.45) is 0. The van der Waals surface area contributed by atoms with E-state index in [1.165, 1.54) is 0 Å². The third kappa shape index (κ3) is 6.27. The smallest absolute Gasteiger partial charge is 0.248 e. The van der Waals surface area contributed by atoms with Crippen molar-refractivity contribution in [3.8, 4) is 28.7 Å². The predicted molar refractivity (Wildman–Crippen MR) is 108 cm³/mol. The van der Waals surface area contributed by atoms with Crippen molar-refractivity contribution >= 4 is 5.69 Å². The summed E-state index contributed by atoms with van der Waals surface area (Å²) in [6.45, 7) is 1.20. The average molecular weight is 401 g/mol. The van der Waals surface area contributed by atoms with Crippen LogP contribution in [0, 0.1) is 0 Å². The van der Waals surface area contributed by atoms with Crippen LogP contribution in [0.5, 0.6) is 5.75 Å². The van der Waals surface area contributed by atoms with Gasteiger partial charge in [-0.25, -0.2) is 4.39 Å². The van der Waals surface area contributed by atoms with E-state index in [9.17, 15) is 4.39 Å². The monoisotopic (exact) mass is 401 g/mol. The molecule has 29 heavy (non-hydrogen) atoms. The van der Waals surface area contributed by atoms with Crippen molar-refractivity contribution in [1.29, 1.82) is 0 Å². The van der Waals surface area contributed by atoms with Crippen LogP contribution < -0.4 is 10.1 Å². The fourth-order valence-corrected chi connectivity index (χ4v) is 2.55. The second-order valence-corrected chi connectivity index (χ2v) is 6.03. The van der Waals surface area contributed by atoms with Gasteiger partial charge in [0.2, 0.25) is 11.8 Å². The normalized spacial score (nSPS) is 10.8. The van der Waals surface area contributed by atoms with Crippen LogP contribution in [0.25, 0.3) is 22.9 Å². The van der Waals surface area contributed by atoms with Crippen LogP contribution in [-0.4, -0.2) is 57.0 Å². The summed E-state index contributed by atoms with van der Waals surface area (Å²) < 4.78 is 33.7. The molecule has 0 amide bonds. The van der Waals surface area contributed by atoms with Crippen LogP contribution in [0.2, 0.25) is 0 Å². The Morgan fingerprint density at radius 1 is 0.862 bits per heavy atom. The molecule has 0 unspecified atom stereocenters. The first-order valence-electron chi connectivity index (χ1n) is 9.36. The van der Waals surface area contributed by atoms with E-state index < -0.39 is 6.67 Å². The molecule has 0 spiro atoms. The highest BCUT2D eigenvalue weighted by molar-refractivity contribution is 5.61. The molecule has 0 aliphatic rings. The first-order valence-corrected chi connectivity index (χ1v) is 9.36. The molecule has 1 heterocycles. The Morgan fingerprint density at radius 2 is 1.55 bits per heavy atom. The highest BCUT2D eigenvalue weighted by atomic mass is 19.1. The molecule has 0 atom stereocenters. The van der Waals surface area contributed by atoms with Crippen LogP contribution in [0.1, 0.15) is 0 Å². The predicted octanol–water partition coefficient (Wildman–Crippen LogP) is 3.83. The molecule has 1 N–H and O–H groups in total. The topological polar surface area (TPSA) is 78.6 Å². The summed E-state index contributed by atoms with van der Waals surface area (Å²) in [7, 11) is 1.87. The van der Waals surface area contributed by atoms with Crippen LogP contribution in [0.3, 0.4) is 0 Å². The van der Waals surface area contributed by atoms with Crippen molar-refractivity contribution < 1.29 is 23.0 Å². The number of anilines is 1. The molecule has 0 aliphatic carbocycles. The molecular formula is C21H24FN3O4. The van der Waals surface area contributed by atoms with Crippen molar-refractivity contribution in [2.75, 3.05) is 52.1 Å². The van der Waals surface area contributed by atoms with Gasteiger partial charge < -0.3 is 23.9 Å². The number of halogens is 1. The lowest BCUT2D eigenvalue weighted by Crippen LogP contribution is -2.11. The first-order chi connectivity index (χ1) is 14.3. The Balaban J connectivity index is 1.52. The Labute approximate surface area is 168 Å². The van der Waals surface area contributed by atoms with Crippen molar-refractivity contribution in [2.24, 2.45) is 0 Å². The zero-order valence-corrected chi connectivity index (χ0v) is 16.3. The summed E-state index contributed by atoms with van der Waals surface area (Å²) >= 11 is 0. The molecule has 8 heteroatoms. The van der Waals surface area contributed by atoms with Crippen LogP contribution in [-0.2, 0) is 9.47 Å². The van der Waals surface area contributed by atoms with Crippen molar-refractivity contribution in [2.45, 2.75) is 0 Å². The minimum Gasteiger partial charge on any atom is -0.491 e. The molecule has 0 bridgehead atoms. The minimum atomic E-state index is -0.483. The number of hydrogen-bond donors (Lipinski definition) is 1. The molecule has 0 aliphatic heterocycles. The molecule has 0 saturated heterocycles. The molecule has 0 saturated carbocycles. The summed E-state index contributed by atoms with van der Waals surface area (Å²) in [5, 5.41) is 11.3. The molecule has 1 aromatic heterocycles. The second kappa shape index (κ2) is 11.1. The zero-order valence-electron chi connectivity index (χ0n) is 16.3. The largest absolute Gasteiger partial charge is 0.491 e. The van der Waals surface area contributed by atoms with Crippen LogP contribution in [0.15, 0.2) is 52.9 Å². The number of ether oxygens (including phenoxy) is 3. The number of nitrogens with one attached hydrogen (secondary N) is 1. The van der Waals surface area contributed by atoms with Gasteiger partial charge in [-0.3, -0.25) is 0 Å². The van der Waals surface area contributed by atoms with E-state index in [1.54, 1.807) is 0 Å². The maximum atomic E-state index is 11.9. The fourth-order valence-electron chi connectivity index (χ4n) is 2.55. The quantitative estimate of drug-likeness (QED) is 0.462. The van der Waals surface area contributed by atoms with E-state index in [0.717, 1.165) is 16.8 Å². The van der Waals surface area contributed by atoms with E-state index in [1.807, 2.05) is 55.6 Å². The second-order valence-electron chi connectivity index (χ2n) is 6.03. The van der Waals surface area contributed by atoms with E-state index in [0.29, 0.717) is 44.0 Å². The number of nitrogens with zero attached hydrogens (tertiary/aromatic N) is 2. The van der Waals surface area contributed by atoms with Gasteiger partial charge in [0.15, 0.2) is 0 Å². The van der Waals surface area contributed by atoms with Gasteiger partial charge in [0.1, 0.15) is 19.0 Å². The lowest BCUT2D eigenvalue weighted by atomic mass is 10.2. The van der Waals surface area contributed by atoms with Gasteiger partial charge in [-0.15, -0.1) is 10.2 Å². The van der Waals surface area contributed by atoms with Gasteiger partial charge in [0.05, 0.1) is 26.4 Å². The van der Waals surface area contributed by atoms with Crippen LogP contribution in [0.4, 0.5) is 10.1 Å². The van der Waals surface area contributed by atoms with Gasteiger partial charge in [0.25, 0.3) is 0 Å². The molecular weight excluding hydrogens is 377 g/mol. The van der Waals surface area contributed by atoms with Gasteiger partial charge >= 0.3 is 0 Å². The molecule has 3 rings (SSSR count). The number of rotatable bonds is 12. The Hall–Kier alpha value is -2.97. The standard InChI is InChI=1S/C21H24FN3O4/c1-23-18-7-5-16(6-8-18)20-24-25-21(29-20)17-3-2-4-19(15-17)28-14-13-27-12-11-26-10-9-22/h2-8,15,23H,9-14H2,1H3. The first kappa shape index (κ1) is 20.8. The summed E-state index contributed by atoms with van der Waals surface area (Å²) in [4.78, 5) is 0. The summed E-state index contributed by atoms with van der Waals surface area (Å²) in [5.41, 5.74) is 2.63. The van der Waals surface area contributed by atoms with Gasteiger partial charge in [-0.05, 0) is 42.5 Å². The lowest BCUT2D eigenvalue weighted by Gasteiger charge is -2.08. The molecule has 2 aromatic carbocycles. The Kier molecular flexibility index (Phi) is 7.97. The van der Waals surface area contributed by atoms with Crippen molar-refractivity contribution in [3.05, 3.63) is 48.5 Å². The molecule has 3 aromatic rings. The third-order valence-electron chi connectivity index (χ3n) is 4.02. The fraction of sp³-hybridized carbons (Fsp3) is 0.333. The molecule has 0 fully saturated rings. The van der Waals surface area contributed by atoms with E-state index in [-0.39, 0.29) is 6.61 Å². The number of alkyl halides is 1. The summed E-state index contributed by atoms with van der Waals surface area (Å²) in [6, 6.07) is 15.2. The Morgan fingerprint density at radius 3 is 2.28 bits per heavy atom. The average Bonchev–Trinajstić information content (AvgIpc) is 3.26. The highest BCUT2D eigenvalue weighted by Crippen LogP contribution is 2.27. The number of benzene rings is 2. The van der Waals surface area contributed by atoms with E-state index in [2.05, 4.69) is 15.5 Å². The van der Waals surface area contributed by atoms with Gasteiger partial charge in [-0.2, -0.15) is 0 Å². The molecule has 0 radical (unpaired) electrons. The number of aromatic nitrogens is 2. The van der Waals surface area contributed by atoms with Crippen molar-refractivity contribution in [3.63, 3.8) is 0 Å². The van der Waals surface area contributed by atoms with Crippen molar-refractivity contribution in [1.82, 2.24) is 10.2 Å².